The van der Waals surface area contributed by atoms with Gasteiger partial charge in [-0.25, -0.2) is 0 Å². The van der Waals surface area contributed by atoms with E-state index in [-0.39, 0.29) is 21.7 Å². The van der Waals surface area contributed by atoms with Gasteiger partial charge in [-0.15, -0.1) is 0 Å². The Hall–Kier alpha value is -3.90. The summed E-state index contributed by atoms with van der Waals surface area (Å²) in [5.41, 5.74) is 17.6. The first kappa shape index (κ1) is 32.3. The lowest BCUT2D eigenvalue weighted by molar-refractivity contribution is 0.329. The van der Waals surface area contributed by atoms with Crippen LogP contribution < -0.4 is 10.4 Å². The molecule has 0 amide bonds. The molecule has 0 spiro atoms. The van der Waals surface area contributed by atoms with E-state index in [0.717, 1.165) is 6.42 Å². The normalized spacial score (nSPS) is 20.1. The van der Waals surface area contributed by atoms with Gasteiger partial charge in [0.25, 0.3) is 0 Å². The van der Waals surface area contributed by atoms with Crippen LogP contribution in [0.25, 0.3) is 17.2 Å². The Labute approximate surface area is 294 Å². The molecule has 4 aliphatic carbocycles. The van der Waals surface area contributed by atoms with Crippen molar-refractivity contribution in [1.29, 1.82) is 0 Å². The average molecular weight is 643 g/mol. The van der Waals surface area contributed by atoms with Gasteiger partial charge >= 0.3 is 0 Å². The fourth-order valence-electron chi connectivity index (χ4n) is 9.66. The lowest BCUT2D eigenvalue weighted by Gasteiger charge is -2.44. The van der Waals surface area contributed by atoms with E-state index in [1.54, 1.807) is 22.3 Å². The van der Waals surface area contributed by atoms with Gasteiger partial charge in [-0.3, -0.25) is 0 Å². The van der Waals surface area contributed by atoms with E-state index >= 15 is 0 Å². The molecule has 4 aromatic rings. The molecule has 0 N–H and O–H groups in total. The first-order chi connectivity index (χ1) is 23.1. The largest absolute Gasteiger partial charge is 0.0801 e. The van der Waals surface area contributed by atoms with Crippen molar-refractivity contribution in [2.75, 3.05) is 0 Å². The fourth-order valence-corrected chi connectivity index (χ4v) is 9.66. The minimum absolute atomic E-state index is 0.00935. The maximum atomic E-state index is 2.65. The summed E-state index contributed by atoms with van der Waals surface area (Å²) in [6, 6.07) is 24.0. The summed E-state index contributed by atoms with van der Waals surface area (Å²) in [6.07, 6.45) is 15.4. The van der Waals surface area contributed by atoms with Crippen molar-refractivity contribution in [1.82, 2.24) is 0 Å². The molecule has 49 heavy (non-hydrogen) atoms. The molecule has 0 nitrogen and oxygen atoms in total. The molecule has 0 aromatic heterocycles. The highest BCUT2D eigenvalue weighted by atomic mass is 14.5. The third kappa shape index (κ3) is 4.99. The molecule has 0 atom stereocenters. The van der Waals surface area contributed by atoms with Gasteiger partial charge in [0.15, 0.2) is 0 Å². The molecule has 4 aliphatic rings. The van der Waals surface area contributed by atoms with E-state index in [9.17, 15) is 0 Å². The van der Waals surface area contributed by atoms with Gasteiger partial charge < -0.3 is 0 Å². The second-order valence-corrected chi connectivity index (χ2v) is 18.4. The molecule has 250 valence electrons. The summed E-state index contributed by atoms with van der Waals surface area (Å²) in [7, 11) is 0. The molecular weight excluding hydrogens is 589 g/mol. The summed E-state index contributed by atoms with van der Waals surface area (Å²) >= 11 is 0. The van der Waals surface area contributed by atoms with Crippen molar-refractivity contribution in [2.45, 2.75) is 123 Å². The first-order valence-electron chi connectivity index (χ1n) is 18.8. The third-order valence-corrected chi connectivity index (χ3v) is 12.9. The summed E-state index contributed by atoms with van der Waals surface area (Å²) in [5, 5.41) is 5.76. The summed E-state index contributed by atoms with van der Waals surface area (Å²) < 4.78 is 0. The van der Waals surface area contributed by atoms with Gasteiger partial charge in [0.05, 0.1) is 0 Å². The van der Waals surface area contributed by atoms with Crippen molar-refractivity contribution in [3.8, 4) is 0 Å². The number of rotatable bonds is 3. The number of allylic oxidation sites excluding steroid dienone is 4. The Morgan fingerprint density at radius 1 is 0.592 bits per heavy atom. The van der Waals surface area contributed by atoms with E-state index in [0.29, 0.717) is 0 Å². The Balaban J connectivity index is 1.73. The molecule has 0 aliphatic heterocycles. The number of benzene rings is 4. The SMILES string of the molecule is Cc1ccc(C(c2ccc(C)cc2)=c2c3c(c(C4=CC=CC4)c4c2=c2cc5c(cc2=C4)C(C)(C)CCC5(C)C)C(C)(C)CCC3(C)C)cc1. The van der Waals surface area contributed by atoms with Crippen LogP contribution in [-0.4, -0.2) is 0 Å². The van der Waals surface area contributed by atoms with Crippen LogP contribution >= 0.6 is 0 Å². The molecule has 0 fully saturated rings. The van der Waals surface area contributed by atoms with Crippen molar-refractivity contribution >= 4 is 17.2 Å². The molecular formula is C49H54. The maximum Gasteiger partial charge on any atom is -0.00167 e. The Kier molecular flexibility index (Phi) is 7.12. The topological polar surface area (TPSA) is 0 Å². The molecule has 8 rings (SSSR count). The van der Waals surface area contributed by atoms with Crippen LogP contribution in [0.3, 0.4) is 0 Å². The predicted octanol–water partition coefficient (Wildman–Crippen LogP) is 11.0. The van der Waals surface area contributed by atoms with E-state index in [4.69, 9.17) is 0 Å². The summed E-state index contributed by atoms with van der Waals surface area (Å²) in [6.45, 7) is 24.4. The Morgan fingerprint density at radius 3 is 1.63 bits per heavy atom. The van der Waals surface area contributed by atoms with Crippen molar-refractivity contribution in [2.24, 2.45) is 0 Å². The van der Waals surface area contributed by atoms with E-state index in [1.165, 1.54) is 91.1 Å². The zero-order valence-electron chi connectivity index (χ0n) is 31.6. The number of fused-ring (bicyclic) bond motifs is 4. The molecule has 0 saturated heterocycles. The zero-order chi connectivity index (χ0) is 34.7. The Bertz CT molecular complexity index is 2280. The van der Waals surface area contributed by atoms with Crippen molar-refractivity contribution in [3.05, 3.63) is 155 Å². The van der Waals surface area contributed by atoms with Crippen LogP contribution in [-0.2, 0) is 21.7 Å². The van der Waals surface area contributed by atoms with E-state index in [2.05, 4.69) is 154 Å². The highest BCUT2D eigenvalue weighted by Crippen LogP contribution is 2.50. The van der Waals surface area contributed by atoms with Gasteiger partial charge in [-0.05, 0) is 156 Å². The number of aryl methyl sites for hydroxylation is 2. The molecule has 0 unspecified atom stereocenters. The van der Waals surface area contributed by atoms with E-state index in [1.807, 2.05) is 0 Å². The second-order valence-electron chi connectivity index (χ2n) is 18.4. The van der Waals surface area contributed by atoms with E-state index < -0.39 is 0 Å². The van der Waals surface area contributed by atoms with Gasteiger partial charge in [0.2, 0.25) is 0 Å². The van der Waals surface area contributed by atoms with Crippen LogP contribution in [0.1, 0.15) is 143 Å². The van der Waals surface area contributed by atoms with Crippen LogP contribution in [0.15, 0.2) is 78.9 Å². The maximum absolute atomic E-state index is 2.65. The summed E-state index contributed by atoms with van der Waals surface area (Å²) in [5.74, 6) is 0. The molecule has 4 aromatic carbocycles. The van der Waals surface area contributed by atoms with Gasteiger partial charge in [0.1, 0.15) is 0 Å². The number of hydrogen-bond acceptors (Lipinski definition) is 0. The third-order valence-electron chi connectivity index (χ3n) is 12.9. The summed E-state index contributed by atoms with van der Waals surface area (Å²) in [4.78, 5) is 0. The average Bonchev–Trinajstić information content (AvgIpc) is 3.71. The zero-order valence-corrected chi connectivity index (χ0v) is 31.6. The van der Waals surface area contributed by atoms with Gasteiger partial charge in [-0.1, -0.05) is 139 Å². The molecule has 0 saturated carbocycles. The second kappa shape index (κ2) is 10.8. The smallest absolute Gasteiger partial charge is 0.00167 e. The molecule has 0 radical (unpaired) electrons. The fraction of sp³-hybridized carbons (Fsp3) is 0.388. The van der Waals surface area contributed by atoms with Crippen molar-refractivity contribution < 1.29 is 0 Å². The van der Waals surface area contributed by atoms with Crippen LogP contribution in [0.5, 0.6) is 0 Å². The minimum atomic E-state index is 0.00935. The monoisotopic (exact) mass is 642 g/mol. The number of hydrogen-bond donors (Lipinski definition) is 0. The quantitative estimate of drug-likeness (QED) is 0.184. The molecule has 0 heterocycles. The highest BCUT2D eigenvalue weighted by molar-refractivity contribution is 5.87. The minimum Gasteiger partial charge on any atom is -0.0801 e. The van der Waals surface area contributed by atoms with Crippen LogP contribution in [0.2, 0.25) is 0 Å². The standard InChI is InChI=1S/C49H54/c1-30-15-19-33(20-16-30)40(34-21-17-31(2)18-22-34)43-42-36-29-39-38(46(3,4)23-24-47(39,5)6)28-35(36)27-37(42)41(32-13-11-12-14-32)44-45(43)49(9,10)26-25-48(44,7)8/h11-13,15-22,27-29H,14,23-26H2,1-10H3. The lowest BCUT2D eigenvalue weighted by atomic mass is 9.59. The lowest BCUT2D eigenvalue weighted by Crippen LogP contribution is -2.41. The first-order valence-corrected chi connectivity index (χ1v) is 18.8. The Morgan fingerprint density at radius 2 is 1.10 bits per heavy atom. The highest BCUT2D eigenvalue weighted by Gasteiger charge is 2.43. The van der Waals surface area contributed by atoms with Crippen LogP contribution in [0, 0.1) is 24.3 Å². The predicted molar refractivity (Wildman–Crippen MR) is 210 cm³/mol. The molecule has 0 heteroatoms. The van der Waals surface area contributed by atoms with Gasteiger partial charge in [-0.2, -0.15) is 0 Å². The van der Waals surface area contributed by atoms with Gasteiger partial charge in [0, 0.05) is 0 Å². The van der Waals surface area contributed by atoms with Crippen molar-refractivity contribution in [3.63, 3.8) is 0 Å². The molecule has 0 bridgehead atoms. The van der Waals surface area contributed by atoms with Crippen LogP contribution in [0.4, 0.5) is 0 Å².